The van der Waals surface area contributed by atoms with Crippen LogP contribution in [-0.2, 0) is 4.74 Å². The quantitative estimate of drug-likeness (QED) is 0.769. The largest absolute Gasteiger partial charge is 0.389 e. The van der Waals surface area contributed by atoms with E-state index in [0.29, 0.717) is 25.2 Å². The Morgan fingerprint density at radius 3 is 2.95 bits per heavy atom. The molecule has 0 amide bonds. The molecule has 3 atom stereocenters. The van der Waals surface area contributed by atoms with Crippen LogP contribution in [0.1, 0.15) is 39.0 Å². The van der Waals surface area contributed by atoms with E-state index in [2.05, 4.69) is 28.2 Å². The van der Waals surface area contributed by atoms with Crippen LogP contribution in [0.4, 0.5) is 5.69 Å². The molecule has 1 saturated carbocycles. The Kier molecular flexibility index (Phi) is 7.00. The van der Waals surface area contributed by atoms with Crippen molar-refractivity contribution in [2.45, 2.75) is 51.2 Å². The summed E-state index contributed by atoms with van der Waals surface area (Å²) in [4.78, 5) is 0. The summed E-state index contributed by atoms with van der Waals surface area (Å²) in [5.74, 6) is 0.670. The Balaban J connectivity index is 1.70. The topological polar surface area (TPSA) is 41.5 Å². The molecule has 118 valence electrons. The first-order valence-corrected chi connectivity index (χ1v) is 8.77. The number of aliphatic hydroxyl groups excluding tert-OH is 1. The Morgan fingerprint density at radius 2 is 2.19 bits per heavy atom. The second-order valence-electron chi connectivity index (χ2n) is 5.87. The minimum absolute atomic E-state index is 0.337. The number of nitrogens with one attached hydrogen (secondary N) is 1. The van der Waals surface area contributed by atoms with Gasteiger partial charge in [0.05, 0.1) is 18.8 Å². The van der Waals surface area contributed by atoms with E-state index in [4.69, 9.17) is 4.74 Å². The van der Waals surface area contributed by atoms with Gasteiger partial charge in [-0.25, -0.2) is 0 Å². The summed E-state index contributed by atoms with van der Waals surface area (Å²) in [6, 6.07) is 7.95. The minimum atomic E-state index is -0.469. The molecule has 0 aromatic heterocycles. The maximum absolute atomic E-state index is 10.1. The minimum Gasteiger partial charge on any atom is -0.389 e. The molecule has 1 aliphatic carbocycles. The van der Waals surface area contributed by atoms with Gasteiger partial charge in [0.25, 0.3) is 0 Å². The van der Waals surface area contributed by atoms with Gasteiger partial charge in [-0.2, -0.15) is 0 Å². The number of hydrogen-bond acceptors (Lipinski definition) is 3. The van der Waals surface area contributed by atoms with E-state index in [1.54, 1.807) is 0 Å². The molecule has 2 N–H and O–H groups in total. The molecule has 0 heterocycles. The van der Waals surface area contributed by atoms with Gasteiger partial charge in [-0.05, 0) is 37.0 Å². The van der Waals surface area contributed by atoms with Crippen molar-refractivity contribution in [2.24, 2.45) is 5.92 Å². The molecule has 1 aromatic carbocycles. The normalized spacial score (nSPS) is 23.8. The summed E-state index contributed by atoms with van der Waals surface area (Å²) >= 11 is 3.44. The zero-order chi connectivity index (χ0) is 15.1. The maximum atomic E-state index is 10.1. The number of hydrogen-bond donors (Lipinski definition) is 2. The van der Waals surface area contributed by atoms with Crippen LogP contribution in [-0.4, -0.2) is 30.5 Å². The summed E-state index contributed by atoms with van der Waals surface area (Å²) in [5.41, 5.74) is 1.01. The molecule has 1 fully saturated rings. The van der Waals surface area contributed by atoms with Crippen LogP contribution < -0.4 is 5.32 Å². The zero-order valence-electron chi connectivity index (χ0n) is 12.7. The fourth-order valence-corrected chi connectivity index (χ4v) is 3.39. The molecular formula is C17H26BrNO2. The van der Waals surface area contributed by atoms with Crippen LogP contribution in [0.15, 0.2) is 28.7 Å². The Hall–Kier alpha value is -0.580. The predicted molar refractivity (Wildman–Crippen MR) is 90.6 cm³/mol. The molecule has 3 nitrogen and oxygen atoms in total. The Labute approximate surface area is 136 Å². The lowest BCUT2D eigenvalue weighted by atomic mass is 9.85. The van der Waals surface area contributed by atoms with Gasteiger partial charge in [0, 0.05) is 16.7 Å². The lowest BCUT2D eigenvalue weighted by molar-refractivity contribution is -0.0473. The lowest BCUT2D eigenvalue weighted by Crippen LogP contribution is -2.32. The van der Waals surface area contributed by atoms with Crippen molar-refractivity contribution in [1.29, 1.82) is 0 Å². The average molecular weight is 356 g/mol. The second kappa shape index (κ2) is 8.76. The number of aliphatic hydroxyl groups is 1. The molecule has 0 radical (unpaired) electrons. The molecule has 1 aliphatic rings. The van der Waals surface area contributed by atoms with E-state index in [1.165, 1.54) is 25.7 Å². The van der Waals surface area contributed by atoms with Gasteiger partial charge in [-0.3, -0.25) is 0 Å². The van der Waals surface area contributed by atoms with Gasteiger partial charge in [0.1, 0.15) is 0 Å². The van der Waals surface area contributed by atoms with Crippen molar-refractivity contribution in [2.75, 3.05) is 18.5 Å². The van der Waals surface area contributed by atoms with E-state index in [0.717, 1.165) is 16.6 Å². The fraction of sp³-hybridized carbons (Fsp3) is 0.647. The molecule has 21 heavy (non-hydrogen) atoms. The van der Waals surface area contributed by atoms with Gasteiger partial charge in [0.15, 0.2) is 0 Å². The smallest absolute Gasteiger partial charge is 0.0945 e. The van der Waals surface area contributed by atoms with Crippen molar-refractivity contribution < 1.29 is 9.84 Å². The van der Waals surface area contributed by atoms with Crippen molar-refractivity contribution in [3.05, 3.63) is 28.7 Å². The molecule has 2 rings (SSSR count). The van der Waals surface area contributed by atoms with E-state index in [1.807, 2.05) is 24.3 Å². The highest BCUT2D eigenvalue weighted by Gasteiger charge is 2.24. The summed E-state index contributed by atoms with van der Waals surface area (Å²) in [5, 5.41) is 13.3. The molecule has 0 aliphatic heterocycles. The Bertz CT molecular complexity index is 427. The van der Waals surface area contributed by atoms with Gasteiger partial charge in [0.2, 0.25) is 0 Å². The van der Waals surface area contributed by atoms with Crippen LogP contribution in [0, 0.1) is 5.92 Å². The number of ether oxygens (including phenoxy) is 1. The third kappa shape index (κ3) is 5.61. The lowest BCUT2D eigenvalue weighted by Gasteiger charge is -2.31. The number of benzene rings is 1. The van der Waals surface area contributed by atoms with Crippen molar-refractivity contribution in [3.63, 3.8) is 0 Å². The summed E-state index contributed by atoms with van der Waals surface area (Å²) in [6.07, 6.45) is 6.04. The molecule has 0 saturated heterocycles. The first-order chi connectivity index (χ1) is 10.2. The summed E-state index contributed by atoms with van der Waals surface area (Å²) in [7, 11) is 0. The van der Waals surface area contributed by atoms with Crippen LogP contribution in [0.3, 0.4) is 0 Å². The highest BCUT2D eigenvalue weighted by atomic mass is 79.9. The SMILES string of the molecule is CCC1CCCCC1OCC(O)CNc1cccc(Br)c1. The van der Waals surface area contributed by atoms with Gasteiger partial charge < -0.3 is 15.2 Å². The fourth-order valence-electron chi connectivity index (χ4n) is 2.99. The standard InChI is InChI=1S/C17H26BrNO2/c1-2-13-6-3-4-9-17(13)21-12-16(20)11-19-15-8-5-7-14(18)10-15/h5,7-8,10,13,16-17,19-20H,2-4,6,9,11-12H2,1H3. The third-order valence-electron chi connectivity index (χ3n) is 4.23. The monoisotopic (exact) mass is 355 g/mol. The number of halogens is 1. The van der Waals surface area contributed by atoms with Crippen molar-refractivity contribution in [3.8, 4) is 0 Å². The Morgan fingerprint density at radius 1 is 1.38 bits per heavy atom. The highest BCUT2D eigenvalue weighted by Crippen LogP contribution is 2.29. The zero-order valence-corrected chi connectivity index (χ0v) is 14.3. The van der Waals surface area contributed by atoms with Gasteiger partial charge in [-0.1, -0.05) is 48.2 Å². The van der Waals surface area contributed by atoms with Crippen LogP contribution in [0.2, 0.25) is 0 Å². The highest BCUT2D eigenvalue weighted by molar-refractivity contribution is 9.10. The molecular weight excluding hydrogens is 330 g/mol. The molecule has 4 heteroatoms. The van der Waals surface area contributed by atoms with E-state index < -0.39 is 6.10 Å². The average Bonchev–Trinajstić information content (AvgIpc) is 2.51. The van der Waals surface area contributed by atoms with E-state index >= 15 is 0 Å². The van der Waals surface area contributed by atoms with Crippen molar-refractivity contribution >= 4 is 21.6 Å². The summed E-state index contributed by atoms with van der Waals surface area (Å²) in [6.45, 7) is 3.17. The van der Waals surface area contributed by atoms with Gasteiger partial charge in [-0.15, -0.1) is 0 Å². The first-order valence-electron chi connectivity index (χ1n) is 7.98. The first kappa shape index (κ1) is 16.8. The third-order valence-corrected chi connectivity index (χ3v) is 4.73. The van der Waals surface area contributed by atoms with E-state index in [-0.39, 0.29) is 0 Å². The predicted octanol–water partition coefficient (Wildman–Crippen LogP) is 4.21. The van der Waals surface area contributed by atoms with Crippen LogP contribution >= 0.6 is 15.9 Å². The second-order valence-corrected chi connectivity index (χ2v) is 6.79. The van der Waals surface area contributed by atoms with E-state index in [9.17, 15) is 5.11 Å². The molecule has 0 bridgehead atoms. The maximum Gasteiger partial charge on any atom is 0.0945 e. The molecule has 0 spiro atoms. The van der Waals surface area contributed by atoms with Crippen LogP contribution in [0.25, 0.3) is 0 Å². The number of rotatable bonds is 7. The van der Waals surface area contributed by atoms with Gasteiger partial charge >= 0.3 is 0 Å². The molecule has 1 aromatic rings. The number of anilines is 1. The summed E-state index contributed by atoms with van der Waals surface area (Å²) < 4.78 is 6.99. The van der Waals surface area contributed by atoms with Crippen molar-refractivity contribution in [1.82, 2.24) is 0 Å². The van der Waals surface area contributed by atoms with Crippen LogP contribution in [0.5, 0.6) is 0 Å². The molecule has 3 unspecified atom stereocenters.